The van der Waals surface area contributed by atoms with Crippen molar-refractivity contribution in [3.05, 3.63) is 106 Å². The number of hydrogen-bond acceptors (Lipinski definition) is 5. The molecule has 0 fully saturated rings. The third kappa shape index (κ3) is 6.50. The molecule has 0 aliphatic heterocycles. The Hall–Kier alpha value is -4.00. The average Bonchev–Trinajstić information content (AvgIpc) is 2.82. The van der Waals surface area contributed by atoms with Crippen molar-refractivity contribution in [2.45, 2.75) is 25.9 Å². The summed E-state index contributed by atoms with van der Waals surface area (Å²) in [6, 6.07) is 23.7. The lowest BCUT2D eigenvalue weighted by Gasteiger charge is -2.23. The molecular weight excluding hydrogens is 408 g/mol. The number of amides is 1. The second-order valence-electron chi connectivity index (χ2n) is 7.27. The normalized spacial score (nSPS) is 10.4. The summed E-state index contributed by atoms with van der Waals surface area (Å²) in [5, 5.41) is 11.1. The van der Waals surface area contributed by atoms with Crippen molar-refractivity contribution in [3.8, 4) is 5.75 Å². The van der Waals surface area contributed by atoms with E-state index >= 15 is 0 Å². The van der Waals surface area contributed by atoms with Gasteiger partial charge in [0.1, 0.15) is 5.75 Å². The molecule has 0 unspecified atom stereocenters. The summed E-state index contributed by atoms with van der Waals surface area (Å²) >= 11 is 0. The van der Waals surface area contributed by atoms with Crippen LogP contribution < -0.4 is 4.74 Å². The molecule has 0 radical (unpaired) electrons. The van der Waals surface area contributed by atoms with Crippen molar-refractivity contribution >= 4 is 17.9 Å². The van der Waals surface area contributed by atoms with Crippen LogP contribution in [0, 0.1) is 10.1 Å². The number of carbonyl (C=O) groups is 2. The lowest BCUT2D eigenvalue weighted by atomic mass is 10.1. The molecular formula is C25H24N2O5. The molecule has 0 saturated carbocycles. The van der Waals surface area contributed by atoms with E-state index in [1.165, 1.54) is 18.2 Å². The predicted molar refractivity (Wildman–Crippen MR) is 120 cm³/mol. The molecule has 0 saturated heterocycles. The van der Waals surface area contributed by atoms with E-state index in [1.54, 1.807) is 0 Å². The van der Waals surface area contributed by atoms with Crippen LogP contribution in [-0.2, 0) is 17.9 Å². The van der Waals surface area contributed by atoms with E-state index in [0.29, 0.717) is 31.5 Å². The highest BCUT2D eigenvalue weighted by molar-refractivity contribution is 5.81. The first-order chi connectivity index (χ1) is 15.6. The minimum atomic E-state index is -0.620. The largest absolute Gasteiger partial charge is 0.493 e. The van der Waals surface area contributed by atoms with Gasteiger partial charge in [-0.05, 0) is 29.7 Å². The average molecular weight is 432 g/mol. The molecule has 0 atom stereocenters. The Labute approximate surface area is 186 Å². The monoisotopic (exact) mass is 432 g/mol. The molecule has 0 N–H and O–H groups in total. The van der Waals surface area contributed by atoms with Gasteiger partial charge >= 0.3 is 0 Å². The second kappa shape index (κ2) is 11.4. The zero-order valence-corrected chi connectivity index (χ0v) is 17.6. The zero-order valence-electron chi connectivity index (χ0n) is 17.6. The highest BCUT2D eigenvalue weighted by atomic mass is 16.6. The van der Waals surface area contributed by atoms with Crippen molar-refractivity contribution in [1.29, 1.82) is 0 Å². The highest BCUT2D eigenvalue weighted by Crippen LogP contribution is 2.23. The maximum atomic E-state index is 12.9. The molecule has 3 aromatic rings. The van der Waals surface area contributed by atoms with Crippen LogP contribution in [0.25, 0.3) is 0 Å². The lowest BCUT2D eigenvalue weighted by molar-refractivity contribution is -0.385. The van der Waals surface area contributed by atoms with E-state index < -0.39 is 4.92 Å². The van der Waals surface area contributed by atoms with Gasteiger partial charge in [0.15, 0.2) is 6.29 Å². The van der Waals surface area contributed by atoms with E-state index in [9.17, 15) is 19.7 Å². The molecule has 3 rings (SSSR count). The quantitative estimate of drug-likeness (QED) is 0.188. The SMILES string of the molecule is O=Cc1ccc(OCCCC(=O)N(Cc2ccccc2)Cc2ccccc2)cc1[N+](=O)[O-]. The number of nitro groups is 1. The molecule has 32 heavy (non-hydrogen) atoms. The van der Waals surface area contributed by atoms with E-state index in [0.717, 1.165) is 11.1 Å². The first kappa shape index (κ1) is 22.7. The molecule has 0 spiro atoms. The van der Waals surface area contributed by atoms with Gasteiger partial charge in [-0.25, -0.2) is 0 Å². The number of benzene rings is 3. The summed E-state index contributed by atoms with van der Waals surface area (Å²) in [7, 11) is 0. The fourth-order valence-electron chi connectivity index (χ4n) is 3.28. The summed E-state index contributed by atoms with van der Waals surface area (Å²) in [5.74, 6) is 0.295. The van der Waals surface area contributed by atoms with Crippen molar-refractivity contribution in [2.75, 3.05) is 6.61 Å². The predicted octanol–water partition coefficient (Wildman–Crippen LogP) is 4.80. The van der Waals surface area contributed by atoms with E-state index in [-0.39, 0.29) is 30.2 Å². The molecule has 0 aromatic heterocycles. The molecule has 0 aliphatic rings. The summed E-state index contributed by atoms with van der Waals surface area (Å²) in [6.45, 7) is 1.25. The van der Waals surface area contributed by atoms with Gasteiger partial charge in [0, 0.05) is 19.5 Å². The van der Waals surface area contributed by atoms with Crippen LogP contribution in [-0.4, -0.2) is 28.6 Å². The number of carbonyl (C=O) groups excluding carboxylic acids is 2. The van der Waals surface area contributed by atoms with Crippen LogP contribution >= 0.6 is 0 Å². The Morgan fingerprint density at radius 2 is 1.53 bits per heavy atom. The standard InChI is InChI=1S/C25H24N2O5/c28-19-22-13-14-23(16-24(22)27(30)31)32-15-7-12-25(29)26(17-20-8-3-1-4-9-20)18-21-10-5-2-6-11-21/h1-6,8-11,13-14,16,19H,7,12,15,17-18H2. The Bertz CT molecular complexity index is 1010. The maximum absolute atomic E-state index is 12.9. The zero-order chi connectivity index (χ0) is 22.8. The van der Waals surface area contributed by atoms with Crippen LogP contribution in [0.15, 0.2) is 78.9 Å². The topological polar surface area (TPSA) is 89.8 Å². The second-order valence-corrected chi connectivity index (χ2v) is 7.27. The fraction of sp³-hybridized carbons (Fsp3) is 0.200. The van der Waals surface area contributed by atoms with Gasteiger partial charge in [-0.3, -0.25) is 19.7 Å². The van der Waals surface area contributed by atoms with E-state index in [2.05, 4.69) is 0 Å². The first-order valence-corrected chi connectivity index (χ1v) is 10.3. The van der Waals surface area contributed by atoms with Gasteiger partial charge in [-0.1, -0.05) is 60.7 Å². The summed E-state index contributed by atoms with van der Waals surface area (Å²) in [4.78, 5) is 36.1. The Morgan fingerprint density at radius 1 is 0.938 bits per heavy atom. The minimum Gasteiger partial charge on any atom is -0.493 e. The van der Waals surface area contributed by atoms with Crippen LogP contribution in [0.4, 0.5) is 5.69 Å². The van der Waals surface area contributed by atoms with Crippen LogP contribution in [0.3, 0.4) is 0 Å². The first-order valence-electron chi connectivity index (χ1n) is 10.3. The van der Waals surface area contributed by atoms with Crippen molar-refractivity contribution in [1.82, 2.24) is 4.90 Å². The Balaban J connectivity index is 1.58. The maximum Gasteiger partial charge on any atom is 0.283 e. The van der Waals surface area contributed by atoms with Crippen LogP contribution in [0.5, 0.6) is 5.75 Å². The molecule has 0 aliphatic carbocycles. The van der Waals surface area contributed by atoms with Gasteiger partial charge in [-0.2, -0.15) is 0 Å². The highest BCUT2D eigenvalue weighted by Gasteiger charge is 2.16. The summed E-state index contributed by atoms with van der Waals surface area (Å²) in [6.07, 6.45) is 1.19. The number of aldehydes is 1. The molecule has 3 aromatic carbocycles. The fourth-order valence-corrected chi connectivity index (χ4v) is 3.28. The molecule has 0 heterocycles. The molecule has 7 heteroatoms. The smallest absolute Gasteiger partial charge is 0.283 e. The van der Waals surface area contributed by atoms with Crippen molar-refractivity contribution < 1.29 is 19.2 Å². The minimum absolute atomic E-state index is 0.00332. The van der Waals surface area contributed by atoms with Crippen molar-refractivity contribution in [2.24, 2.45) is 0 Å². The molecule has 7 nitrogen and oxygen atoms in total. The van der Waals surface area contributed by atoms with Gasteiger partial charge in [0.05, 0.1) is 23.2 Å². The van der Waals surface area contributed by atoms with Gasteiger partial charge < -0.3 is 9.64 Å². The molecule has 1 amide bonds. The number of hydrogen-bond donors (Lipinski definition) is 0. The molecule has 0 bridgehead atoms. The van der Waals surface area contributed by atoms with Gasteiger partial charge in [0.2, 0.25) is 5.91 Å². The number of nitrogens with zero attached hydrogens (tertiary/aromatic N) is 2. The van der Waals surface area contributed by atoms with E-state index in [1.807, 2.05) is 65.6 Å². The Kier molecular flexibility index (Phi) is 8.09. The van der Waals surface area contributed by atoms with E-state index in [4.69, 9.17) is 4.74 Å². The van der Waals surface area contributed by atoms with Crippen LogP contribution in [0.1, 0.15) is 34.3 Å². The van der Waals surface area contributed by atoms with Crippen molar-refractivity contribution in [3.63, 3.8) is 0 Å². The summed E-state index contributed by atoms with van der Waals surface area (Å²) in [5.41, 5.74) is 1.80. The molecule has 164 valence electrons. The summed E-state index contributed by atoms with van der Waals surface area (Å²) < 4.78 is 5.57. The van der Waals surface area contributed by atoms with Crippen LogP contribution in [0.2, 0.25) is 0 Å². The van der Waals surface area contributed by atoms with Gasteiger partial charge in [0.25, 0.3) is 5.69 Å². The van der Waals surface area contributed by atoms with Gasteiger partial charge in [-0.15, -0.1) is 0 Å². The third-order valence-electron chi connectivity index (χ3n) is 4.91. The Morgan fingerprint density at radius 3 is 2.06 bits per heavy atom. The third-order valence-corrected chi connectivity index (χ3v) is 4.91. The number of nitro benzene ring substituents is 1. The number of ether oxygens (including phenoxy) is 1. The lowest BCUT2D eigenvalue weighted by Crippen LogP contribution is -2.30. The number of rotatable bonds is 11.